The van der Waals surface area contributed by atoms with E-state index in [-0.39, 0.29) is 0 Å². The fourth-order valence-corrected chi connectivity index (χ4v) is 0.614. The molecule has 0 aliphatic rings. The molecule has 2 aromatic rings. The van der Waals surface area contributed by atoms with E-state index in [1.54, 1.807) is 6.20 Å². The minimum atomic E-state index is 0.539. The molecule has 0 saturated carbocycles. The largest absolute Gasteiger partial charge is 0.341 e. The second-order valence-corrected chi connectivity index (χ2v) is 1.65. The van der Waals surface area contributed by atoms with Gasteiger partial charge in [-0.05, 0) is 10.4 Å². The van der Waals surface area contributed by atoms with Crippen molar-refractivity contribution >= 4 is 0 Å². The van der Waals surface area contributed by atoms with Crippen molar-refractivity contribution in [1.82, 2.24) is 30.6 Å². The predicted octanol–water partition coefficient (Wildman–Crippen LogP) is -0.610. The Labute approximate surface area is 55.7 Å². The summed E-state index contributed by atoms with van der Waals surface area (Å²) in [6, 6.07) is 0. The van der Waals surface area contributed by atoms with Gasteiger partial charge in [0.2, 0.25) is 0 Å². The van der Waals surface area contributed by atoms with Crippen LogP contribution in [-0.4, -0.2) is 30.6 Å². The number of imidazole rings is 1. The number of aromatic amines is 2. The third kappa shape index (κ3) is 0.661. The van der Waals surface area contributed by atoms with Crippen LogP contribution >= 0.6 is 0 Å². The van der Waals surface area contributed by atoms with Crippen LogP contribution < -0.4 is 0 Å². The molecule has 0 amide bonds. The van der Waals surface area contributed by atoms with Gasteiger partial charge in [0.1, 0.15) is 5.69 Å². The van der Waals surface area contributed by atoms with Gasteiger partial charge in [-0.3, -0.25) is 0 Å². The third-order valence-corrected chi connectivity index (χ3v) is 1.04. The molecule has 2 aromatic heterocycles. The van der Waals surface area contributed by atoms with Crippen LogP contribution in [0.15, 0.2) is 6.20 Å². The number of hydrogen-bond acceptors (Lipinski definition) is 4. The van der Waals surface area contributed by atoms with Gasteiger partial charge < -0.3 is 4.98 Å². The zero-order valence-corrected chi connectivity index (χ0v) is 4.87. The summed E-state index contributed by atoms with van der Waals surface area (Å²) in [5, 5.41) is 13.0. The molecular weight excluding hydrogens is 132 g/mol. The van der Waals surface area contributed by atoms with E-state index in [9.17, 15) is 0 Å². The second-order valence-electron chi connectivity index (χ2n) is 1.65. The Morgan fingerprint density at radius 1 is 1.50 bits per heavy atom. The van der Waals surface area contributed by atoms with Crippen LogP contribution in [0.3, 0.4) is 0 Å². The summed E-state index contributed by atoms with van der Waals surface area (Å²) in [6.07, 6.45) is 4.18. The maximum absolute atomic E-state index is 3.80. The molecule has 0 bridgehead atoms. The first-order valence-electron chi connectivity index (χ1n) is 2.62. The van der Waals surface area contributed by atoms with Crippen LogP contribution in [0.1, 0.15) is 0 Å². The highest BCUT2D eigenvalue weighted by atomic mass is 15.5. The number of nitrogens with one attached hydrogen (secondary N) is 2. The molecule has 0 aliphatic carbocycles. The van der Waals surface area contributed by atoms with E-state index in [0.29, 0.717) is 11.5 Å². The maximum atomic E-state index is 3.80. The van der Waals surface area contributed by atoms with Crippen molar-refractivity contribution in [1.29, 1.82) is 0 Å². The average molecular weight is 135 g/mol. The van der Waals surface area contributed by atoms with Crippen LogP contribution in [0.2, 0.25) is 0 Å². The Balaban J connectivity index is 2.48. The summed E-state index contributed by atoms with van der Waals surface area (Å²) >= 11 is 0. The number of rotatable bonds is 1. The summed E-state index contributed by atoms with van der Waals surface area (Å²) < 4.78 is 0. The van der Waals surface area contributed by atoms with Crippen LogP contribution in [0.25, 0.3) is 11.5 Å². The van der Waals surface area contributed by atoms with E-state index in [1.165, 1.54) is 0 Å². The van der Waals surface area contributed by atoms with Gasteiger partial charge in [0.25, 0.3) is 0 Å². The molecule has 10 heavy (non-hydrogen) atoms. The van der Waals surface area contributed by atoms with Crippen molar-refractivity contribution in [3.63, 3.8) is 0 Å². The van der Waals surface area contributed by atoms with Gasteiger partial charge >= 0.3 is 0 Å². The van der Waals surface area contributed by atoms with Crippen molar-refractivity contribution in [2.24, 2.45) is 0 Å². The summed E-state index contributed by atoms with van der Waals surface area (Å²) in [6.45, 7) is 0. The fourth-order valence-electron chi connectivity index (χ4n) is 0.614. The zero-order chi connectivity index (χ0) is 6.81. The minimum absolute atomic E-state index is 0.539. The lowest BCUT2D eigenvalue weighted by atomic mass is 10.5. The SMILES string of the molecule is [c]1nc(-c2nnn[nH]2)c[nH]1. The average Bonchev–Trinajstić information content (AvgIpc) is 2.59. The molecule has 2 N–H and O–H groups in total. The van der Waals surface area contributed by atoms with Crippen LogP contribution in [0, 0.1) is 6.33 Å². The van der Waals surface area contributed by atoms with E-state index in [1.807, 2.05) is 0 Å². The highest BCUT2D eigenvalue weighted by molar-refractivity contribution is 5.44. The molecule has 49 valence electrons. The van der Waals surface area contributed by atoms with Gasteiger partial charge in [-0.1, -0.05) is 0 Å². The molecule has 2 heterocycles. The van der Waals surface area contributed by atoms with E-state index >= 15 is 0 Å². The summed E-state index contributed by atoms with van der Waals surface area (Å²) in [7, 11) is 0. The Morgan fingerprint density at radius 3 is 3.10 bits per heavy atom. The highest BCUT2D eigenvalue weighted by Gasteiger charge is 2.01. The number of tetrazole rings is 1. The van der Waals surface area contributed by atoms with E-state index < -0.39 is 0 Å². The van der Waals surface area contributed by atoms with Gasteiger partial charge in [-0.25, -0.2) is 10.1 Å². The van der Waals surface area contributed by atoms with Crippen molar-refractivity contribution in [3.8, 4) is 11.5 Å². The Bertz CT molecular complexity index is 249. The normalized spacial score (nSPS) is 10.0. The van der Waals surface area contributed by atoms with Crippen molar-refractivity contribution in [2.75, 3.05) is 0 Å². The number of aromatic nitrogens is 6. The van der Waals surface area contributed by atoms with Crippen LogP contribution in [-0.2, 0) is 0 Å². The van der Waals surface area contributed by atoms with Gasteiger partial charge in [0.15, 0.2) is 12.2 Å². The first-order valence-corrected chi connectivity index (χ1v) is 2.62. The molecule has 0 aromatic carbocycles. The van der Waals surface area contributed by atoms with Crippen molar-refractivity contribution < 1.29 is 0 Å². The molecule has 0 atom stereocenters. The maximum Gasteiger partial charge on any atom is 0.199 e. The van der Waals surface area contributed by atoms with Crippen LogP contribution in [0.5, 0.6) is 0 Å². The molecule has 6 nitrogen and oxygen atoms in total. The Hall–Kier alpha value is -1.72. The molecule has 0 fully saturated rings. The fraction of sp³-hybridized carbons (Fsp3) is 0. The topological polar surface area (TPSA) is 83.1 Å². The van der Waals surface area contributed by atoms with Crippen molar-refractivity contribution in [3.05, 3.63) is 12.5 Å². The van der Waals surface area contributed by atoms with Gasteiger partial charge in [-0.15, -0.1) is 5.10 Å². The number of nitrogens with zero attached hydrogens (tertiary/aromatic N) is 4. The minimum Gasteiger partial charge on any atom is -0.341 e. The Morgan fingerprint density at radius 2 is 2.50 bits per heavy atom. The standard InChI is InChI=1S/C4H3N6/c1-3(6-2-5-1)4-7-9-10-8-4/h1H,(H,5,6)(H,7,8,9,10). The van der Waals surface area contributed by atoms with Crippen molar-refractivity contribution in [2.45, 2.75) is 0 Å². The lowest BCUT2D eigenvalue weighted by Gasteiger charge is -1.79. The molecule has 0 spiro atoms. The van der Waals surface area contributed by atoms with Gasteiger partial charge in [0.05, 0.1) is 0 Å². The number of H-pyrrole nitrogens is 2. The first kappa shape index (κ1) is 5.10. The van der Waals surface area contributed by atoms with Gasteiger partial charge in [-0.2, -0.15) is 0 Å². The summed E-state index contributed by atoms with van der Waals surface area (Å²) in [5.41, 5.74) is 0.657. The third-order valence-electron chi connectivity index (χ3n) is 1.04. The number of hydrogen-bond donors (Lipinski definition) is 2. The molecular formula is C4H3N6. The molecule has 0 saturated heterocycles. The quantitative estimate of drug-likeness (QED) is 0.546. The van der Waals surface area contributed by atoms with Gasteiger partial charge in [0, 0.05) is 6.20 Å². The van der Waals surface area contributed by atoms with Crippen LogP contribution in [0.4, 0.5) is 0 Å². The van der Waals surface area contributed by atoms with E-state index in [2.05, 4.69) is 36.9 Å². The molecule has 0 aliphatic heterocycles. The Kier molecular flexibility index (Phi) is 0.970. The monoisotopic (exact) mass is 135 g/mol. The van der Waals surface area contributed by atoms with E-state index in [0.717, 1.165) is 0 Å². The van der Waals surface area contributed by atoms with E-state index in [4.69, 9.17) is 0 Å². The zero-order valence-electron chi connectivity index (χ0n) is 4.87. The highest BCUT2D eigenvalue weighted by Crippen LogP contribution is 2.04. The first-order chi connectivity index (χ1) is 4.97. The second kappa shape index (κ2) is 1.90. The molecule has 6 heteroatoms. The summed E-state index contributed by atoms with van der Waals surface area (Å²) in [5.74, 6) is 0.539. The smallest absolute Gasteiger partial charge is 0.199 e. The lowest BCUT2D eigenvalue weighted by Crippen LogP contribution is -1.78. The molecule has 2 rings (SSSR count). The lowest BCUT2D eigenvalue weighted by molar-refractivity contribution is 0.881. The molecule has 0 unspecified atom stereocenters. The molecule has 1 radical (unpaired) electrons. The summed E-state index contributed by atoms with van der Waals surface area (Å²) in [4.78, 5) is 6.47. The predicted molar refractivity (Wildman–Crippen MR) is 30.6 cm³/mol.